The van der Waals surface area contributed by atoms with Gasteiger partial charge in [0.15, 0.2) is 6.10 Å². The number of hydrogen-bond acceptors (Lipinski definition) is 3. The lowest BCUT2D eigenvalue weighted by atomic mass is 10.1. The Morgan fingerprint density at radius 2 is 2.25 bits per heavy atom. The molecule has 1 aliphatic carbocycles. The first-order valence-corrected chi connectivity index (χ1v) is 7.29. The summed E-state index contributed by atoms with van der Waals surface area (Å²) in [5.41, 5.74) is 1.96. The molecule has 20 heavy (non-hydrogen) atoms. The number of carbonyl (C=O) groups is 1. The molecule has 1 aromatic carbocycles. The molecular weight excluding hydrogens is 254 g/mol. The summed E-state index contributed by atoms with van der Waals surface area (Å²) in [6.45, 7) is 5.76. The Morgan fingerprint density at radius 3 is 2.95 bits per heavy atom. The van der Waals surface area contributed by atoms with Gasteiger partial charge in [0.05, 0.1) is 6.10 Å². The fourth-order valence-corrected chi connectivity index (χ4v) is 2.42. The smallest absolute Gasteiger partial charge is 0.260 e. The van der Waals surface area contributed by atoms with Crippen LogP contribution in [0.5, 0.6) is 5.75 Å². The highest BCUT2D eigenvalue weighted by Gasteiger charge is 2.25. The van der Waals surface area contributed by atoms with E-state index >= 15 is 0 Å². The van der Waals surface area contributed by atoms with Crippen LogP contribution in [0.1, 0.15) is 50.8 Å². The highest BCUT2D eigenvalue weighted by molar-refractivity contribution is 5.81. The molecule has 4 heteroatoms. The third kappa shape index (κ3) is 3.12. The molecule has 0 heterocycles. The summed E-state index contributed by atoms with van der Waals surface area (Å²) in [6, 6.07) is 5.80. The van der Waals surface area contributed by atoms with E-state index in [-0.39, 0.29) is 11.9 Å². The fourth-order valence-electron chi connectivity index (χ4n) is 2.42. The van der Waals surface area contributed by atoms with E-state index in [4.69, 9.17) is 4.74 Å². The molecule has 2 N–H and O–H groups in total. The SMILES string of the molecule is CCC(C)NC(=O)C(C)Oc1cccc2c1CCC2O. The summed E-state index contributed by atoms with van der Waals surface area (Å²) in [7, 11) is 0. The van der Waals surface area contributed by atoms with Crippen LogP contribution in [-0.4, -0.2) is 23.2 Å². The Labute approximate surface area is 120 Å². The summed E-state index contributed by atoms with van der Waals surface area (Å²) in [5, 5.41) is 12.8. The van der Waals surface area contributed by atoms with Crippen LogP contribution in [0.3, 0.4) is 0 Å². The van der Waals surface area contributed by atoms with E-state index in [9.17, 15) is 9.90 Å². The van der Waals surface area contributed by atoms with Crippen molar-refractivity contribution in [3.8, 4) is 5.75 Å². The van der Waals surface area contributed by atoms with Crippen molar-refractivity contribution in [3.05, 3.63) is 29.3 Å². The molecule has 0 saturated heterocycles. The van der Waals surface area contributed by atoms with Crippen molar-refractivity contribution >= 4 is 5.91 Å². The van der Waals surface area contributed by atoms with E-state index in [0.717, 1.165) is 30.4 Å². The molecule has 1 amide bonds. The maximum absolute atomic E-state index is 12.0. The van der Waals surface area contributed by atoms with Crippen LogP contribution >= 0.6 is 0 Å². The van der Waals surface area contributed by atoms with E-state index in [1.165, 1.54) is 0 Å². The van der Waals surface area contributed by atoms with Crippen LogP contribution in [0, 0.1) is 0 Å². The van der Waals surface area contributed by atoms with Gasteiger partial charge in [0.25, 0.3) is 5.91 Å². The number of carbonyl (C=O) groups excluding carboxylic acids is 1. The zero-order chi connectivity index (χ0) is 14.7. The van der Waals surface area contributed by atoms with Gasteiger partial charge in [0.1, 0.15) is 5.75 Å². The van der Waals surface area contributed by atoms with Crippen LogP contribution in [0.2, 0.25) is 0 Å². The van der Waals surface area contributed by atoms with Gasteiger partial charge in [-0.2, -0.15) is 0 Å². The minimum absolute atomic E-state index is 0.101. The maximum atomic E-state index is 12.0. The van der Waals surface area contributed by atoms with Gasteiger partial charge in [-0.05, 0) is 44.7 Å². The number of fused-ring (bicyclic) bond motifs is 1. The van der Waals surface area contributed by atoms with Crippen LogP contribution in [0.4, 0.5) is 0 Å². The third-order valence-electron chi connectivity index (χ3n) is 3.87. The number of benzene rings is 1. The average Bonchev–Trinajstić information content (AvgIpc) is 2.81. The number of rotatable bonds is 5. The number of aliphatic hydroxyl groups excluding tert-OH is 1. The zero-order valence-electron chi connectivity index (χ0n) is 12.3. The van der Waals surface area contributed by atoms with E-state index in [0.29, 0.717) is 5.75 Å². The highest BCUT2D eigenvalue weighted by atomic mass is 16.5. The van der Waals surface area contributed by atoms with Crippen molar-refractivity contribution in [1.29, 1.82) is 0 Å². The summed E-state index contributed by atoms with van der Waals surface area (Å²) in [6.07, 6.45) is 1.48. The molecule has 4 nitrogen and oxygen atoms in total. The Hall–Kier alpha value is -1.55. The van der Waals surface area contributed by atoms with Crippen LogP contribution in [-0.2, 0) is 11.2 Å². The zero-order valence-corrected chi connectivity index (χ0v) is 12.3. The lowest BCUT2D eigenvalue weighted by Crippen LogP contribution is -2.41. The van der Waals surface area contributed by atoms with Gasteiger partial charge in [-0.3, -0.25) is 4.79 Å². The summed E-state index contributed by atoms with van der Waals surface area (Å²) in [4.78, 5) is 12.0. The van der Waals surface area contributed by atoms with E-state index < -0.39 is 12.2 Å². The molecule has 0 aromatic heterocycles. The first kappa shape index (κ1) is 14.9. The van der Waals surface area contributed by atoms with Crippen molar-refractivity contribution in [3.63, 3.8) is 0 Å². The summed E-state index contributed by atoms with van der Waals surface area (Å²) >= 11 is 0. The molecule has 1 aliphatic rings. The number of ether oxygens (including phenoxy) is 1. The minimum Gasteiger partial charge on any atom is -0.481 e. The average molecular weight is 277 g/mol. The van der Waals surface area contributed by atoms with Gasteiger partial charge in [0.2, 0.25) is 0 Å². The van der Waals surface area contributed by atoms with E-state index in [1.54, 1.807) is 6.92 Å². The topological polar surface area (TPSA) is 58.6 Å². The maximum Gasteiger partial charge on any atom is 0.260 e. The van der Waals surface area contributed by atoms with Crippen molar-refractivity contribution in [2.45, 2.75) is 58.3 Å². The first-order valence-electron chi connectivity index (χ1n) is 7.29. The molecule has 0 spiro atoms. The number of amides is 1. The highest BCUT2D eigenvalue weighted by Crippen LogP contribution is 2.37. The number of aliphatic hydroxyl groups is 1. The molecule has 0 bridgehead atoms. The molecule has 0 saturated carbocycles. The monoisotopic (exact) mass is 277 g/mol. The summed E-state index contributed by atoms with van der Waals surface area (Å²) in [5.74, 6) is 0.612. The molecule has 0 radical (unpaired) electrons. The number of hydrogen-bond donors (Lipinski definition) is 2. The molecule has 3 atom stereocenters. The Morgan fingerprint density at radius 1 is 1.50 bits per heavy atom. The van der Waals surface area contributed by atoms with Gasteiger partial charge < -0.3 is 15.2 Å². The van der Waals surface area contributed by atoms with Gasteiger partial charge in [-0.25, -0.2) is 0 Å². The van der Waals surface area contributed by atoms with Crippen molar-refractivity contribution in [1.82, 2.24) is 5.32 Å². The largest absolute Gasteiger partial charge is 0.481 e. The van der Waals surface area contributed by atoms with Gasteiger partial charge in [0, 0.05) is 11.6 Å². The lowest BCUT2D eigenvalue weighted by Gasteiger charge is -2.19. The molecular formula is C16H23NO3. The van der Waals surface area contributed by atoms with Gasteiger partial charge in [-0.1, -0.05) is 19.1 Å². The Kier molecular flexibility index (Phi) is 4.65. The predicted octanol–water partition coefficient (Wildman–Crippen LogP) is 2.35. The van der Waals surface area contributed by atoms with Gasteiger partial charge >= 0.3 is 0 Å². The third-order valence-corrected chi connectivity index (χ3v) is 3.87. The lowest BCUT2D eigenvalue weighted by molar-refractivity contribution is -0.127. The Bertz CT molecular complexity index is 487. The molecule has 3 unspecified atom stereocenters. The first-order chi connectivity index (χ1) is 9.52. The van der Waals surface area contributed by atoms with Crippen molar-refractivity contribution < 1.29 is 14.6 Å². The minimum atomic E-state index is -0.534. The van der Waals surface area contributed by atoms with Gasteiger partial charge in [-0.15, -0.1) is 0 Å². The molecule has 0 aliphatic heterocycles. The van der Waals surface area contributed by atoms with Crippen molar-refractivity contribution in [2.75, 3.05) is 0 Å². The normalized spacial score (nSPS) is 20.1. The quantitative estimate of drug-likeness (QED) is 0.868. The Balaban J connectivity index is 2.05. The standard InChI is InChI=1S/C16H23NO3/c1-4-10(2)17-16(19)11(3)20-15-7-5-6-12-13(15)8-9-14(12)18/h5-7,10-11,14,18H,4,8-9H2,1-3H3,(H,17,19). The molecule has 1 aromatic rings. The van der Waals surface area contributed by atoms with Crippen LogP contribution < -0.4 is 10.1 Å². The fraction of sp³-hybridized carbons (Fsp3) is 0.562. The van der Waals surface area contributed by atoms with E-state index in [2.05, 4.69) is 5.32 Å². The van der Waals surface area contributed by atoms with E-state index in [1.807, 2.05) is 32.0 Å². The predicted molar refractivity (Wildman–Crippen MR) is 77.7 cm³/mol. The van der Waals surface area contributed by atoms with Crippen LogP contribution in [0.25, 0.3) is 0 Å². The second kappa shape index (κ2) is 6.27. The van der Waals surface area contributed by atoms with Crippen molar-refractivity contribution in [2.24, 2.45) is 0 Å². The molecule has 2 rings (SSSR count). The second-order valence-electron chi connectivity index (χ2n) is 5.46. The van der Waals surface area contributed by atoms with Crippen LogP contribution in [0.15, 0.2) is 18.2 Å². The molecule has 110 valence electrons. The summed E-state index contributed by atoms with van der Waals surface area (Å²) < 4.78 is 5.79. The second-order valence-corrected chi connectivity index (χ2v) is 5.46. The molecule has 0 fully saturated rings. The number of nitrogens with one attached hydrogen (secondary N) is 1.